The van der Waals surface area contributed by atoms with Crippen LogP contribution in [0.15, 0.2) is 28.7 Å². The molecule has 0 aliphatic rings. The van der Waals surface area contributed by atoms with Gasteiger partial charge >= 0.3 is 23.9 Å². The van der Waals surface area contributed by atoms with Gasteiger partial charge in [-0.15, -0.1) is 0 Å². The molecule has 0 bridgehead atoms. The van der Waals surface area contributed by atoms with Crippen LogP contribution < -0.4 is 4.74 Å². The van der Waals surface area contributed by atoms with E-state index in [0.29, 0.717) is 0 Å². The highest BCUT2D eigenvalue weighted by atomic mass is 79.9. The second-order valence-corrected chi connectivity index (χ2v) is 4.38. The number of hydrogen-bond acceptors (Lipinski definition) is 3. The van der Waals surface area contributed by atoms with Crippen molar-refractivity contribution in [1.82, 2.24) is 0 Å². The van der Waals surface area contributed by atoms with E-state index in [1.165, 1.54) is 18.2 Å². The van der Waals surface area contributed by atoms with Gasteiger partial charge in [0.25, 0.3) is 0 Å². The standard InChI is InChI=1S/C10H5BrF6O3/c11-5-3-1-2-4-6(5)20-7(18)8(19,9(12,13)14)10(15,16)17/h1-4,19H. The third-order valence-electron chi connectivity index (χ3n) is 2.16. The van der Waals surface area contributed by atoms with E-state index in [1.807, 2.05) is 0 Å². The molecule has 0 aliphatic carbocycles. The van der Waals surface area contributed by atoms with Crippen molar-refractivity contribution in [3.63, 3.8) is 0 Å². The monoisotopic (exact) mass is 366 g/mol. The molecule has 0 saturated carbocycles. The summed E-state index contributed by atoms with van der Waals surface area (Å²) in [7, 11) is 0. The van der Waals surface area contributed by atoms with Gasteiger partial charge in [0.1, 0.15) is 5.75 Å². The number of rotatable bonds is 2. The number of esters is 1. The minimum atomic E-state index is -6.27. The molecule has 0 amide bonds. The Morgan fingerprint density at radius 1 is 1.05 bits per heavy atom. The summed E-state index contributed by atoms with van der Waals surface area (Å²) in [5.74, 6) is -3.48. The van der Waals surface area contributed by atoms with Gasteiger partial charge in [-0.3, -0.25) is 0 Å². The first-order chi connectivity index (χ1) is 8.91. The van der Waals surface area contributed by atoms with Crippen molar-refractivity contribution >= 4 is 21.9 Å². The van der Waals surface area contributed by atoms with E-state index in [0.717, 1.165) is 6.07 Å². The number of para-hydroxylation sites is 1. The van der Waals surface area contributed by atoms with Gasteiger partial charge in [0.15, 0.2) is 0 Å². The fraction of sp³-hybridized carbons (Fsp3) is 0.300. The number of ether oxygens (including phenoxy) is 1. The fourth-order valence-electron chi connectivity index (χ4n) is 1.09. The summed E-state index contributed by atoms with van der Waals surface area (Å²) in [5, 5.41) is 8.77. The lowest BCUT2D eigenvalue weighted by Gasteiger charge is -2.29. The van der Waals surface area contributed by atoms with Crippen LogP contribution in [0.1, 0.15) is 0 Å². The third-order valence-corrected chi connectivity index (χ3v) is 2.81. The lowest BCUT2D eigenvalue weighted by Crippen LogP contribution is -2.63. The molecule has 10 heteroatoms. The zero-order valence-corrected chi connectivity index (χ0v) is 10.8. The van der Waals surface area contributed by atoms with Crippen LogP contribution >= 0.6 is 15.9 Å². The van der Waals surface area contributed by atoms with Gasteiger partial charge in [-0.2, -0.15) is 26.3 Å². The van der Waals surface area contributed by atoms with Gasteiger partial charge in [-0.25, -0.2) is 4.79 Å². The fourth-order valence-corrected chi connectivity index (χ4v) is 1.46. The molecule has 112 valence electrons. The molecule has 0 saturated heterocycles. The first-order valence-corrected chi connectivity index (χ1v) is 5.53. The van der Waals surface area contributed by atoms with E-state index in [-0.39, 0.29) is 4.47 Å². The summed E-state index contributed by atoms with van der Waals surface area (Å²) in [6, 6.07) is 4.78. The molecule has 0 unspecified atom stereocenters. The lowest BCUT2D eigenvalue weighted by molar-refractivity contribution is -0.354. The molecule has 0 atom stereocenters. The van der Waals surface area contributed by atoms with E-state index < -0.39 is 29.7 Å². The highest BCUT2D eigenvalue weighted by molar-refractivity contribution is 9.10. The maximum absolute atomic E-state index is 12.4. The van der Waals surface area contributed by atoms with E-state index in [9.17, 15) is 31.1 Å². The van der Waals surface area contributed by atoms with E-state index in [1.54, 1.807) is 0 Å². The Labute approximate surface area is 116 Å². The van der Waals surface area contributed by atoms with E-state index in [2.05, 4.69) is 20.7 Å². The molecular weight excluding hydrogens is 362 g/mol. The van der Waals surface area contributed by atoms with Crippen LogP contribution in [-0.2, 0) is 4.79 Å². The average molecular weight is 367 g/mol. The maximum atomic E-state index is 12.4. The van der Waals surface area contributed by atoms with Gasteiger partial charge in [-0.1, -0.05) is 12.1 Å². The van der Waals surface area contributed by atoms with Crippen molar-refractivity contribution in [3.05, 3.63) is 28.7 Å². The molecule has 0 heterocycles. The van der Waals surface area contributed by atoms with Crippen molar-refractivity contribution < 1.29 is 41.0 Å². The van der Waals surface area contributed by atoms with Crippen LogP contribution in [0.2, 0.25) is 0 Å². The zero-order chi connectivity index (χ0) is 15.8. The van der Waals surface area contributed by atoms with Crippen molar-refractivity contribution in [2.45, 2.75) is 18.0 Å². The number of carbonyl (C=O) groups excluding carboxylic acids is 1. The molecular formula is C10H5BrF6O3. The van der Waals surface area contributed by atoms with Gasteiger partial charge in [-0.05, 0) is 28.1 Å². The summed E-state index contributed by atoms with van der Waals surface area (Å²) in [6.45, 7) is 0. The van der Waals surface area contributed by atoms with E-state index >= 15 is 0 Å². The Morgan fingerprint density at radius 2 is 1.50 bits per heavy atom. The Balaban J connectivity index is 3.19. The maximum Gasteiger partial charge on any atom is 0.437 e. The minimum Gasteiger partial charge on any atom is -0.423 e. The van der Waals surface area contributed by atoms with Crippen molar-refractivity contribution in [2.24, 2.45) is 0 Å². The molecule has 3 nitrogen and oxygen atoms in total. The van der Waals surface area contributed by atoms with Gasteiger partial charge in [0, 0.05) is 0 Å². The highest BCUT2D eigenvalue weighted by Crippen LogP contribution is 2.44. The van der Waals surface area contributed by atoms with Crippen molar-refractivity contribution in [2.75, 3.05) is 0 Å². The smallest absolute Gasteiger partial charge is 0.423 e. The molecule has 0 aliphatic heterocycles. The van der Waals surface area contributed by atoms with Crippen LogP contribution in [0.3, 0.4) is 0 Å². The largest absolute Gasteiger partial charge is 0.437 e. The number of carbonyl (C=O) groups is 1. The average Bonchev–Trinajstić information content (AvgIpc) is 2.28. The van der Waals surface area contributed by atoms with Gasteiger partial charge in [0.2, 0.25) is 0 Å². The molecule has 1 N–H and O–H groups in total. The number of halogens is 7. The minimum absolute atomic E-state index is 0.0555. The molecule has 0 fully saturated rings. The number of hydrogen-bond donors (Lipinski definition) is 1. The Bertz CT molecular complexity index is 496. The normalized spacial score (nSPS) is 13.2. The van der Waals surface area contributed by atoms with Crippen LogP contribution in [0, 0.1) is 0 Å². The van der Waals surface area contributed by atoms with E-state index in [4.69, 9.17) is 5.11 Å². The molecule has 20 heavy (non-hydrogen) atoms. The van der Waals surface area contributed by atoms with Gasteiger partial charge in [0.05, 0.1) is 4.47 Å². The highest BCUT2D eigenvalue weighted by Gasteiger charge is 2.76. The predicted octanol–water partition coefficient (Wildman–Crippen LogP) is 3.21. The quantitative estimate of drug-likeness (QED) is 0.496. The van der Waals surface area contributed by atoms with Crippen LogP contribution in [0.25, 0.3) is 0 Å². The molecule has 0 spiro atoms. The summed E-state index contributed by atoms with van der Waals surface area (Å²) < 4.78 is 78.2. The Hall–Kier alpha value is -1.29. The summed E-state index contributed by atoms with van der Waals surface area (Å²) in [4.78, 5) is 11.1. The molecule has 1 rings (SSSR count). The molecule has 1 aromatic rings. The van der Waals surface area contributed by atoms with Crippen molar-refractivity contribution in [1.29, 1.82) is 0 Å². The molecule has 0 radical (unpaired) electrons. The summed E-state index contributed by atoms with van der Waals surface area (Å²) in [5.41, 5.74) is -5.60. The summed E-state index contributed by atoms with van der Waals surface area (Å²) in [6.07, 6.45) is -12.5. The van der Waals surface area contributed by atoms with Crippen LogP contribution in [0.5, 0.6) is 5.75 Å². The van der Waals surface area contributed by atoms with Crippen molar-refractivity contribution in [3.8, 4) is 5.75 Å². The second kappa shape index (κ2) is 5.24. The lowest BCUT2D eigenvalue weighted by atomic mass is 10.0. The molecule has 1 aromatic carbocycles. The van der Waals surface area contributed by atoms with Crippen LogP contribution in [-0.4, -0.2) is 29.0 Å². The SMILES string of the molecule is O=C(Oc1ccccc1Br)C(O)(C(F)(F)F)C(F)(F)F. The first kappa shape index (κ1) is 16.8. The zero-order valence-electron chi connectivity index (χ0n) is 9.22. The number of alkyl halides is 6. The van der Waals surface area contributed by atoms with Gasteiger partial charge < -0.3 is 9.84 Å². The predicted molar refractivity (Wildman–Crippen MR) is 56.8 cm³/mol. The Morgan fingerprint density at radius 3 is 1.90 bits per heavy atom. The van der Waals surface area contributed by atoms with Crippen LogP contribution in [0.4, 0.5) is 26.3 Å². The number of benzene rings is 1. The second-order valence-electron chi connectivity index (χ2n) is 3.53. The topological polar surface area (TPSA) is 46.5 Å². The Kier molecular flexibility index (Phi) is 4.39. The molecule has 0 aromatic heterocycles. The summed E-state index contributed by atoms with van der Waals surface area (Å²) >= 11 is 2.77. The third kappa shape index (κ3) is 2.90. The number of aliphatic hydroxyl groups is 1. The first-order valence-electron chi connectivity index (χ1n) is 4.74.